The maximum Gasteiger partial charge on any atom is 0.193 e. The molecule has 0 spiro atoms. The predicted molar refractivity (Wildman–Crippen MR) is 144 cm³/mol. The van der Waals surface area contributed by atoms with E-state index in [1.807, 2.05) is 18.2 Å². The Morgan fingerprint density at radius 3 is 2.50 bits per heavy atom. The third-order valence-electron chi connectivity index (χ3n) is 5.91. The van der Waals surface area contributed by atoms with E-state index in [9.17, 15) is 0 Å². The highest BCUT2D eigenvalue weighted by atomic mass is 127. The molecule has 6 nitrogen and oxygen atoms in total. The number of rotatable bonds is 10. The summed E-state index contributed by atoms with van der Waals surface area (Å²) in [5.41, 5.74) is 8.28. The summed E-state index contributed by atoms with van der Waals surface area (Å²) in [7, 11) is 3.26. The lowest BCUT2D eigenvalue weighted by Gasteiger charge is -2.32. The fraction of sp³-hybridized carbons (Fsp3) is 0.480. The first-order valence-electron chi connectivity index (χ1n) is 11.2. The molecule has 0 bridgehead atoms. The summed E-state index contributed by atoms with van der Waals surface area (Å²) in [5.74, 6) is 2.66. The molecule has 3 N–H and O–H groups in total. The van der Waals surface area contributed by atoms with E-state index in [2.05, 4.69) is 45.5 Å². The Bertz CT molecular complexity index is 824. The van der Waals surface area contributed by atoms with E-state index in [1.165, 1.54) is 37.9 Å². The second-order valence-corrected chi connectivity index (χ2v) is 8.14. The second kappa shape index (κ2) is 14.2. The molecule has 2 aromatic rings. The molecule has 1 heterocycles. The number of nitrogens with two attached hydrogens (primary N) is 1. The van der Waals surface area contributed by atoms with Gasteiger partial charge >= 0.3 is 0 Å². The van der Waals surface area contributed by atoms with Crippen LogP contribution >= 0.6 is 24.0 Å². The summed E-state index contributed by atoms with van der Waals surface area (Å²) in [6, 6.07) is 16.4. The number of anilines is 1. The Labute approximate surface area is 209 Å². The van der Waals surface area contributed by atoms with Crippen LogP contribution in [0, 0.1) is 5.92 Å². The van der Waals surface area contributed by atoms with Crippen molar-refractivity contribution >= 4 is 35.6 Å². The molecular formula is C25H37IN4O2. The Balaban J connectivity index is 0.00000363. The minimum atomic E-state index is 0. The Kier molecular flexibility index (Phi) is 11.7. The Hall–Kier alpha value is -2.00. The lowest BCUT2D eigenvalue weighted by Crippen LogP contribution is -2.35. The third-order valence-corrected chi connectivity index (χ3v) is 5.91. The fourth-order valence-electron chi connectivity index (χ4n) is 4.10. The van der Waals surface area contributed by atoms with Crippen LogP contribution in [-0.4, -0.2) is 51.3 Å². The predicted octanol–water partition coefficient (Wildman–Crippen LogP) is 4.78. The number of nitrogens with one attached hydrogen (secondary N) is 1. The molecule has 0 radical (unpaired) electrons. The van der Waals surface area contributed by atoms with Crippen LogP contribution in [0.4, 0.5) is 5.69 Å². The van der Waals surface area contributed by atoms with Crippen LogP contribution in [0.15, 0.2) is 53.5 Å². The quantitative estimate of drug-likeness (QED) is 0.192. The number of guanidine groups is 1. The van der Waals surface area contributed by atoms with E-state index in [4.69, 9.17) is 15.2 Å². The number of ether oxygens (including phenoxy) is 2. The molecule has 0 saturated carbocycles. The van der Waals surface area contributed by atoms with Crippen molar-refractivity contribution in [1.29, 1.82) is 0 Å². The number of nitrogens with zero attached hydrogens (tertiary/aromatic N) is 2. The molecular weight excluding hydrogens is 515 g/mol. The molecule has 1 saturated heterocycles. The number of hydrogen-bond acceptors (Lipinski definition) is 4. The molecule has 2 aromatic carbocycles. The molecule has 1 aliphatic rings. The maximum atomic E-state index is 6.06. The highest BCUT2D eigenvalue weighted by molar-refractivity contribution is 14.0. The first-order chi connectivity index (χ1) is 15.2. The fourth-order valence-corrected chi connectivity index (χ4v) is 4.10. The SMILES string of the molecule is COc1ccc(OC)c(NC(N)=NCCCCN2CCC(Cc3ccccc3)CC2)c1.I. The number of benzene rings is 2. The molecule has 1 aliphatic heterocycles. The van der Waals surface area contributed by atoms with Gasteiger partial charge in [-0.25, -0.2) is 0 Å². The van der Waals surface area contributed by atoms with E-state index >= 15 is 0 Å². The molecule has 3 rings (SSSR count). The molecule has 32 heavy (non-hydrogen) atoms. The van der Waals surface area contributed by atoms with Crippen molar-refractivity contribution in [3.8, 4) is 11.5 Å². The smallest absolute Gasteiger partial charge is 0.193 e. The van der Waals surface area contributed by atoms with Gasteiger partial charge in [0.25, 0.3) is 0 Å². The molecule has 0 amide bonds. The van der Waals surface area contributed by atoms with Crippen molar-refractivity contribution in [3.05, 3.63) is 54.1 Å². The average Bonchev–Trinajstić information content (AvgIpc) is 2.80. The van der Waals surface area contributed by atoms with Crippen LogP contribution in [0.2, 0.25) is 0 Å². The zero-order valence-corrected chi connectivity index (χ0v) is 21.6. The minimum absolute atomic E-state index is 0. The van der Waals surface area contributed by atoms with Gasteiger partial charge in [-0.2, -0.15) is 0 Å². The number of methoxy groups -OCH3 is 2. The standard InChI is InChI=1S/C25H36N4O2.HI/c1-30-22-10-11-24(31-2)23(19-22)28-25(26)27-14-6-7-15-29-16-12-21(13-17-29)18-20-8-4-3-5-9-20;/h3-5,8-11,19,21H,6-7,12-18H2,1-2H3,(H3,26,27,28);1H. The van der Waals surface area contributed by atoms with Gasteiger partial charge in [-0.1, -0.05) is 30.3 Å². The first kappa shape index (κ1) is 26.3. The Morgan fingerprint density at radius 1 is 1.06 bits per heavy atom. The zero-order chi connectivity index (χ0) is 21.9. The Morgan fingerprint density at radius 2 is 1.81 bits per heavy atom. The van der Waals surface area contributed by atoms with Crippen molar-refractivity contribution in [3.63, 3.8) is 0 Å². The van der Waals surface area contributed by atoms with Crippen LogP contribution in [0.3, 0.4) is 0 Å². The molecule has 0 aromatic heterocycles. The number of halogens is 1. The molecule has 1 fully saturated rings. The van der Waals surface area contributed by atoms with Gasteiger partial charge in [0.15, 0.2) is 5.96 Å². The number of hydrogen-bond donors (Lipinski definition) is 2. The van der Waals surface area contributed by atoms with Crippen LogP contribution < -0.4 is 20.5 Å². The summed E-state index contributed by atoms with van der Waals surface area (Å²) >= 11 is 0. The highest BCUT2D eigenvalue weighted by Gasteiger charge is 2.18. The van der Waals surface area contributed by atoms with Crippen molar-refractivity contribution in [2.24, 2.45) is 16.6 Å². The third kappa shape index (κ3) is 8.50. The lowest BCUT2D eigenvalue weighted by atomic mass is 9.90. The second-order valence-electron chi connectivity index (χ2n) is 8.14. The van der Waals surface area contributed by atoms with Gasteiger partial charge in [-0.15, -0.1) is 24.0 Å². The topological polar surface area (TPSA) is 72.1 Å². The van der Waals surface area contributed by atoms with Gasteiger partial charge in [0.05, 0.1) is 19.9 Å². The van der Waals surface area contributed by atoms with Gasteiger partial charge in [0.2, 0.25) is 0 Å². The summed E-state index contributed by atoms with van der Waals surface area (Å²) in [6.07, 6.45) is 5.98. The summed E-state index contributed by atoms with van der Waals surface area (Å²) in [4.78, 5) is 7.05. The summed E-state index contributed by atoms with van der Waals surface area (Å²) in [6.45, 7) is 4.28. The van der Waals surface area contributed by atoms with Crippen molar-refractivity contribution in [2.75, 3.05) is 45.7 Å². The van der Waals surface area contributed by atoms with Crippen LogP contribution in [0.1, 0.15) is 31.2 Å². The van der Waals surface area contributed by atoms with Crippen molar-refractivity contribution in [2.45, 2.75) is 32.1 Å². The minimum Gasteiger partial charge on any atom is -0.497 e. The van der Waals surface area contributed by atoms with Crippen LogP contribution in [0.25, 0.3) is 0 Å². The van der Waals surface area contributed by atoms with Gasteiger partial charge in [0.1, 0.15) is 11.5 Å². The number of aliphatic imine (C=N–C) groups is 1. The van der Waals surface area contributed by atoms with Crippen LogP contribution in [-0.2, 0) is 6.42 Å². The molecule has 7 heteroatoms. The highest BCUT2D eigenvalue weighted by Crippen LogP contribution is 2.28. The van der Waals surface area contributed by atoms with Crippen molar-refractivity contribution < 1.29 is 9.47 Å². The first-order valence-corrected chi connectivity index (χ1v) is 11.2. The summed E-state index contributed by atoms with van der Waals surface area (Å²) < 4.78 is 10.6. The normalized spacial score (nSPS) is 15.1. The zero-order valence-electron chi connectivity index (χ0n) is 19.3. The lowest BCUT2D eigenvalue weighted by molar-refractivity contribution is 0.181. The van der Waals surface area contributed by atoms with E-state index < -0.39 is 0 Å². The van der Waals surface area contributed by atoms with Crippen molar-refractivity contribution in [1.82, 2.24) is 4.90 Å². The maximum absolute atomic E-state index is 6.06. The molecule has 0 unspecified atom stereocenters. The van der Waals surface area contributed by atoms with E-state index in [0.717, 1.165) is 43.3 Å². The molecule has 0 aliphatic carbocycles. The van der Waals surface area contributed by atoms with E-state index in [-0.39, 0.29) is 24.0 Å². The monoisotopic (exact) mass is 552 g/mol. The van der Waals surface area contributed by atoms with E-state index in [1.54, 1.807) is 14.2 Å². The average molecular weight is 553 g/mol. The number of unbranched alkanes of at least 4 members (excludes halogenated alkanes) is 1. The summed E-state index contributed by atoms with van der Waals surface area (Å²) in [5, 5.41) is 3.11. The van der Waals surface area contributed by atoms with Gasteiger partial charge in [-0.3, -0.25) is 4.99 Å². The van der Waals surface area contributed by atoms with Gasteiger partial charge < -0.3 is 25.4 Å². The largest absolute Gasteiger partial charge is 0.497 e. The molecule has 176 valence electrons. The molecule has 0 atom stereocenters. The van der Waals surface area contributed by atoms with Crippen LogP contribution in [0.5, 0.6) is 11.5 Å². The van der Waals surface area contributed by atoms with Gasteiger partial charge in [-0.05, 0) is 75.4 Å². The number of piperidine rings is 1. The number of likely N-dealkylation sites (tertiary alicyclic amines) is 1. The van der Waals surface area contributed by atoms with E-state index in [0.29, 0.717) is 11.7 Å². The van der Waals surface area contributed by atoms with Gasteiger partial charge in [0, 0.05) is 12.6 Å².